The smallest absolute Gasteiger partial charge is 0.192 e. The van der Waals surface area contributed by atoms with Gasteiger partial charge in [0, 0.05) is 22.9 Å². The van der Waals surface area contributed by atoms with Crippen molar-refractivity contribution in [3.8, 4) is 0 Å². The Balaban J connectivity index is 1.83. The molecule has 0 aliphatic heterocycles. The third-order valence-electron chi connectivity index (χ3n) is 5.14. The first-order valence-corrected chi connectivity index (χ1v) is 11.7. The molecule has 0 heterocycles. The summed E-state index contributed by atoms with van der Waals surface area (Å²) in [4.78, 5) is 0. The number of anilines is 1. The van der Waals surface area contributed by atoms with E-state index >= 15 is 0 Å². The Morgan fingerprint density at radius 3 is 2.32 bits per heavy atom. The van der Waals surface area contributed by atoms with Gasteiger partial charge >= 0.3 is 0 Å². The van der Waals surface area contributed by atoms with Crippen LogP contribution < -0.4 is 5.32 Å². The maximum Gasteiger partial charge on any atom is 0.192 e. The molecule has 1 aliphatic carbocycles. The minimum absolute atomic E-state index is 0.295. The topological polar surface area (TPSA) is 21.3 Å². The highest BCUT2D eigenvalue weighted by atomic mass is 35.5. The molecule has 1 N–H and O–H groups in total. The Kier molecular flexibility index (Phi) is 5.62. The monoisotopic (exact) mass is 339 g/mol. The maximum absolute atomic E-state index is 6.55. The number of hydrogen-bond acceptors (Lipinski definition) is 2. The SMILES string of the molecule is CC(C)(C)[Si](C)(C)O[C@H]1CC[C@H](Nc2cccc(Cl)c2)CC1. The third-order valence-corrected chi connectivity index (χ3v) is 9.91. The molecule has 1 aromatic carbocycles. The molecule has 2 rings (SSSR count). The Labute approximate surface area is 141 Å². The van der Waals surface area contributed by atoms with Gasteiger partial charge in [0.1, 0.15) is 0 Å². The number of nitrogens with one attached hydrogen (secondary N) is 1. The van der Waals surface area contributed by atoms with Crippen molar-refractivity contribution in [1.29, 1.82) is 0 Å². The Morgan fingerprint density at radius 2 is 1.77 bits per heavy atom. The Morgan fingerprint density at radius 1 is 1.14 bits per heavy atom. The largest absolute Gasteiger partial charge is 0.414 e. The molecular formula is C18H30ClNOSi. The van der Waals surface area contributed by atoms with E-state index in [2.05, 4.69) is 45.2 Å². The fraction of sp³-hybridized carbons (Fsp3) is 0.667. The summed E-state index contributed by atoms with van der Waals surface area (Å²) in [7, 11) is -1.63. The average molecular weight is 340 g/mol. The van der Waals surface area contributed by atoms with Gasteiger partial charge in [-0.05, 0) is 62.0 Å². The molecule has 0 spiro atoms. The predicted molar refractivity (Wildman–Crippen MR) is 99.4 cm³/mol. The lowest BCUT2D eigenvalue weighted by atomic mass is 9.93. The van der Waals surface area contributed by atoms with Gasteiger partial charge in [-0.3, -0.25) is 0 Å². The van der Waals surface area contributed by atoms with E-state index in [1.807, 2.05) is 18.2 Å². The van der Waals surface area contributed by atoms with Crippen LogP contribution in [-0.2, 0) is 4.43 Å². The van der Waals surface area contributed by atoms with Gasteiger partial charge in [-0.15, -0.1) is 0 Å². The summed E-state index contributed by atoms with van der Waals surface area (Å²) >= 11 is 6.05. The maximum atomic E-state index is 6.55. The zero-order valence-corrected chi connectivity index (χ0v) is 16.3. The molecule has 0 amide bonds. The van der Waals surface area contributed by atoms with E-state index in [9.17, 15) is 0 Å². The first-order valence-electron chi connectivity index (χ1n) is 8.37. The second kappa shape index (κ2) is 6.94. The van der Waals surface area contributed by atoms with Gasteiger partial charge in [0.2, 0.25) is 0 Å². The number of halogens is 1. The highest BCUT2D eigenvalue weighted by Gasteiger charge is 2.39. The molecule has 0 atom stereocenters. The molecule has 0 radical (unpaired) electrons. The van der Waals surface area contributed by atoms with Gasteiger partial charge in [-0.25, -0.2) is 0 Å². The number of hydrogen-bond donors (Lipinski definition) is 1. The van der Waals surface area contributed by atoms with Crippen LogP contribution in [0.2, 0.25) is 23.2 Å². The zero-order chi connectivity index (χ0) is 16.4. The number of benzene rings is 1. The lowest BCUT2D eigenvalue weighted by molar-refractivity contribution is 0.133. The Hall–Kier alpha value is -0.513. The summed E-state index contributed by atoms with van der Waals surface area (Å²) in [6, 6.07) is 8.54. The lowest BCUT2D eigenvalue weighted by Gasteiger charge is -2.41. The normalized spacial score (nSPS) is 23.4. The van der Waals surface area contributed by atoms with Gasteiger partial charge in [0.05, 0.1) is 0 Å². The van der Waals surface area contributed by atoms with E-state index < -0.39 is 8.32 Å². The second-order valence-electron chi connectivity index (χ2n) is 8.01. The fourth-order valence-corrected chi connectivity index (χ4v) is 4.35. The van der Waals surface area contributed by atoms with Crippen molar-refractivity contribution in [2.45, 2.75) is 76.7 Å². The van der Waals surface area contributed by atoms with Crippen molar-refractivity contribution in [1.82, 2.24) is 0 Å². The molecule has 124 valence electrons. The molecule has 1 fully saturated rings. The van der Waals surface area contributed by atoms with Crippen molar-refractivity contribution in [3.63, 3.8) is 0 Å². The van der Waals surface area contributed by atoms with Crippen LogP contribution in [0.3, 0.4) is 0 Å². The van der Waals surface area contributed by atoms with Gasteiger partial charge in [-0.2, -0.15) is 0 Å². The summed E-state index contributed by atoms with van der Waals surface area (Å²) in [5.41, 5.74) is 1.13. The van der Waals surface area contributed by atoms with Gasteiger partial charge in [0.25, 0.3) is 0 Å². The molecule has 22 heavy (non-hydrogen) atoms. The van der Waals surface area contributed by atoms with Crippen molar-refractivity contribution in [3.05, 3.63) is 29.3 Å². The van der Waals surface area contributed by atoms with Crippen LogP contribution in [0.4, 0.5) is 5.69 Å². The molecule has 1 saturated carbocycles. The summed E-state index contributed by atoms with van der Waals surface area (Å²) in [6.07, 6.45) is 5.10. The third kappa shape index (κ3) is 4.74. The van der Waals surface area contributed by atoms with E-state index in [0.717, 1.165) is 23.6 Å². The van der Waals surface area contributed by atoms with Crippen molar-refractivity contribution in [2.75, 3.05) is 5.32 Å². The highest BCUT2D eigenvalue weighted by Crippen LogP contribution is 2.39. The first-order chi connectivity index (χ1) is 10.2. The van der Waals surface area contributed by atoms with Crippen molar-refractivity contribution >= 4 is 25.6 Å². The van der Waals surface area contributed by atoms with Crippen LogP contribution in [0.25, 0.3) is 0 Å². The molecule has 0 bridgehead atoms. The minimum atomic E-state index is -1.63. The van der Waals surface area contributed by atoms with Crippen LogP contribution in [0, 0.1) is 0 Å². The summed E-state index contributed by atoms with van der Waals surface area (Å²) < 4.78 is 6.55. The quantitative estimate of drug-likeness (QED) is 0.670. The zero-order valence-electron chi connectivity index (χ0n) is 14.6. The van der Waals surface area contributed by atoms with Crippen molar-refractivity contribution in [2.24, 2.45) is 0 Å². The van der Waals surface area contributed by atoms with Gasteiger partial charge in [-0.1, -0.05) is 38.4 Å². The van der Waals surface area contributed by atoms with Gasteiger partial charge < -0.3 is 9.74 Å². The van der Waals surface area contributed by atoms with Gasteiger partial charge in [0.15, 0.2) is 8.32 Å². The average Bonchev–Trinajstić information content (AvgIpc) is 2.39. The van der Waals surface area contributed by atoms with E-state index in [-0.39, 0.29) is 0 Å². The van der Waals surface area contributed by atoms with Crippen LogP contribution in [0.1, 0.15) is 46.5 Å². The predicted octanol–water partition coefficient (Wildman–Crippen LogP) is 6.08. The van der Waals surface area contributed by atoms with E-state index in [0.29, 0.717) is 17.2 Å². The minimum Gasteiger partial charge on any atom is -0.414 e. The molecule has 4 heteroatoms. The van der Waals surface area contributed by atoms with E-state index in [1.165, 1.54) is 12.8 Å². The number of rotatable bonds is 4. The highest BCUT2D eigenvalue weighted by molar-refractivity contribution is 6.74. The van der Waals surface area contributed by atoms with E-state index in [4.69, 9.17) is 16.0 Å². The van der Waals surface area contributed by atoms with Crippen molar-refractivity contribution < 1.29 is 4.43 Å². The standard InChI is InChI=1S/C18H30ClNOSi/c1-18(2,3)22(4,5)21-17-11-9-15(10-12-17)20-16-8-6-7-14(19)13-16/h6-8,13,15,17,20H,9-12H2,1-5H3/t15-,17-. The van der Waals surface area contributed by atoms with E-state index in [1.54, 1.807) is 0 Å². The molecular weight excluding hydrogens is 310 g/mol. The summed E-state index contributed by atoms with van der Waals surface area (Å²) in [6.45, 7) is 11.6. The van der Waals surface area contributed by atoms with Crippen LogP contribution in [-0.4, -0.2) is 20.5 Å². The lowest BCUT2D eigenvalue weighted by Crippen LogP contribution is -2.45. The second-order valence-corrected chi connectivity index (χ2v) is 13.2. The van der Waals surface area contributed by atoms with Crippen LogP contribution in [0.15, 0.2) is 24.3 Å². The summed E-state index contributed by atoms with van der Waals surface area (Å²) in [5.74, 6) is 0. The molecule has 0 aromatic heterocycles. The van der Waals surface area contributed by atoms with Crippen LogP contribution in [0.5, 0.6) is 0 Å². The molecule has 0 unspecified atom stereocenters. The molecule has 2 nitrogen and oxygen atoms in total. The first kappa shape index (κ1) is 17.8. The molecule has 1 aliphatic rings. The Bertz CT molecular complexity index is 490. The van der Waals surface area contributed by atoms with Crippen LogP contribution >= 0.6 is 11.6 Å². The molecule has 1 aromatic rings. The molecule has 0 saturated heterocycles. The fourth-order valence-electron chi connectivity index (χ4n) is 2.73. The summed E-state index contributed by atoms with van der Waals surface area (Å²) in [5, 5.41) is 4.69.